The quantitative estimate of drug-likeness (QED) is 0.838. The van der Waals surface area contributed by atoms with Crippen molar-refractivity contribution in [3.8, 4) is 0 Å². The Labute approximate surface area is 110 Å². The smallest absolute Gasteiger partial charge is 0.151 e. The number of aryl methyl sites for hydroxylation is 1. The summed E-state index contributed by atoms with van der Waals surface area (Å²) in [6, 6.07) is 12.1. The number of halogens is 1. The fourth-order valence-electron chi connectivity index (χ4n) is 1.46. The van der Waals surface area contributed by atoms with E-state index in [1.165, 1.54) is 11.1 Å². The molecule has 2 rings (SSSR count). The first-order valence-corrected chi connectivity index (χ1v) is 6.89. The first-order valence-electron chi connectivity index (χ1n) is 5.36. The lowest BCUT2D eigenvalue weighted by Crippen LogP contribution is -1.91. The Hall–Kier alpha value is -1.06. The molecule has 88 valence electrons. The highest BCUT2D eigenvalue weighted by Gasteiger charge is 2.00. The van der Waals surface area contributed by atoms with Crippen molar-refractivity contribution in [2.75, 3.05) is 0 Å². The Morgan fingerprint density at radius 2 is 1.88 bits per heavy atom. The van der Waals surface area contributed by atoms with Crippen molar-refractivity contribution < 1.29 is 0 Å². The van der Waals surface area contributed by atoms with E-state index >= 15 is 0 Å². The molecule has 4 heteroatoms. The van der Waals surface area contributed by atoms with Crippen LogP contribution in [0.15, 0.2) is 36.4 Å². The largest absolute Gasteiger partial charge is 0.153 e. The SMILES string of the molecule is Cc1ccccc1CSCc1ccc(Cl)nn1. The number of benzene rings is 1. The maximum absolute atomic E-state index is 5.68. The lowest BCUT2D eigenvalue weighted by atomic mass is 10.1. The van der Waals surface area contributed by atoms with E-state index in [2.05, 4.69) is 41.4 Å². The molecule has 0 bridgehead atoms. The molecule has 0 aliphatic heterocycles. The molecule has 2 aromatic rings. The van der Waals surface area contributed by atoms with E-state index < -0.39 is 0 Å². The molecule has 0 amide bonds. The summed E-state index contributed by atoms with van der Waals surface area (Å²) < 4.78 is 0. The first kappa shape index (κ1) is 12.4. The third-order valence-corrected chi connectivity index (χ3v) is 3.67. The van der Waals surface area contributed by atoms with Crippen LogP contribution in [0.25, 0.3) is 0 Å². The van der Waals surface area contributed by atoms with Crippen LogP contribution in [0, 0.1) is 6.92 Å². The lowest BCUT2D eigenvalue weighted by Gasteiger charge is -2.04. The Morgan fingerprint density at radius 1 is 1.06 bits per heavy atom. The third-order valence-electron chi connectivity index (χ3n) is 2.46. The van der Waals surface area contributed by atoms with Gasteiger partial charge in [0.15, 0.2) is 5.15 Å². The van der Waals surface area contributed by atoms with Crippen LogP contribution in [-0.2, 0) is 11.5 Å². The van der Waals surface area contributed by atoms with Gasteiger partial charge < -0.3 is 0 Å². The Morgan fingerprint density at radius 3 is 2.59 bits per heavy atom. The Kier molecular flexibility index (Phi) is 4.40. The summed E-state index contributed by atoms with van der Waals surface area (Å²) in [5.41, 5.74) is 3.68. The molecule has 0 aliphatic carbocycles. The average Bonchev–Trinajstić information content (AvgIpc) is 2.34. The van der Waals surface area contributed by atoms with Gasteiger partial charge in [-0.1, -0.05) is 35.9 Å². The van der Waals surface area contributed by atoms with Gasteiger partial charge in [-0.25, -0.2) is 0 Å². The highest BCUT2D eigenvalue weighted by Crippen LogP contribution is 2.19. The van der Waals surface area contributed by atoms with Crippen LogP contribution in [0.1, 0.15) is 16.8 Å². The fraction of sp³-hybridized carbons (Fsp3) is 0.231. The van der Waals surface area contributed by atoms with Gasteiger partial charge in [0, 0.05) is 11.5 Å². The highest BCUT2D eigenvalue weighted by molar-refractivity contribution is 7.97. The number of thioether (sulfide) groups is 1. The molecule has 0 spiro atoms. The monoisotopic (exact) mass is 264 g/mol. The molecule has 0 saturated carbocycles. The average molecular weight is 265 g/mol. The van der Waals surface area contributed by atoms with Gasteiger partial charge in [0.25, 0.3) is 0 Å². The van der Waals surface area contributed by atoms with Gasteiger partial charge in [0.2, 0.25) is 0 Å². The standard InChI is InChI=1S/C13H13ClN2S/c1-10-4-2-3-5-11(10)8-17-9-12-6-7-13(14)16-15-12/h2-7H,8-9H2,1H3. The second-order valence-corrected chi connectivity index (χ2v) is 5.14. The molecule has 0 aliphatic rings. The van der Waals surface area contributed by atoms with Crippen molar-refractivity contribution in [2.45, 2.75) is 18.4 Å². The molecule has 0 atom stereocenters. The number of nitrogens with zero attached hydrogens (tertiary/aromatic N) is 2. The van der Waals surface area contributed by atoms with Crippen molar-refractivity contribution in [3.63, 3.8) is 0 Å². The van der Waals surface area contributed by atoms with Gasteiger partial charge in [0.05, 0.1) is 5.69 Å². The minimum atomic E-state index is 0.442. The molecule has 1 aromatic carbocycles. The number of hydrogen-bond acceptors (Lipinski definition) is 3. The molecular formula is C13H13ClN2S. The van der Waals surface area contributed by atoms with Crippen molar-refractivity contribution in [3.05, 3.63) is 58.4 Å². The summed E-state index contributed by atoms with van der Waals surface area (Å²) in [6.07, 6.45) is 0. The van der Waals surface area contributed by atoms with Crippen LogP contribution in [-0.4, -0.2) is 10.2 Å². The van der Waals surface area contributed by atoms with Crippen LogP contribution in [0.5, 0.6) is 0 Å². The van der Waals surface area contributed by atoms with Gasteiger partial charge in [-0.2, -0.15) is 16.9 Å². The molecule has 0 radical (unpaired) electrons. The highest BCUT2D eigenvalue weighted by atomic mass is 35.5. The second-order valence-electron chi connectivity index (χ2n) is 3.77. The van der Waals surface area contributed by atoms with E-state index in [1.54, 1.807) is 6.07 Å². The zero-order chi connectivity index (χ0) is 12.1. The summed E-state index contributed by atoms with van der Waals surface area (Å²) in [7, 11) is 0. The van der Waals surface area contributed by atoms with Crippen molar-refractivity contribution in [1.29, 1.82) is 0 Å². The lowest BCUT2D eigenvalue weighted by molar-refractivity contribution is 0.971. The zero-order valence-corrected chi connectivity index (χ0v) is 11.1. The van der Waals surface area contributed by atoms with Crippen molar-refractivity contribution >= 4 is 23.4 Å². The summed E-state index contributed by atoms with van der Waals surface area (Å²) in [6.45, 7) is 2.14. The van der Waals surface area contributed by atoms with Crippen LogP contribution < -0.4 is 0 Å². The predicted octanol–water partition coefficient (Wildman–Crippen LogP) is 3.87. The summed E-state index contributed by atoms with van der Waals surface area (Å²) >= 11 is 7.52. The number of aromatic nitrogens is 2. The Bertz CT molecular complexity index is 485. The third kappa shape index (κ3) is 3.72. The molecule has 2 nitrogen and oxygen atoms in total. The molecule has 1 aromatic heterocycles. The topological polar surface area (TPSA) is 25.8 Å². The summed E-state index contributed by atoms with van der Waals surface area (Å²) in [5.74, 6) is 1.86. The minimum Gasteiger partial charge on any atom is -0.153 e. The maximum atomic E-state index is 5.68. The first-order chi connectivity index (χ1) is 8.25. The van der Waals surface area contributed by atoms with Gasteiger partial charge in [-0.15, -0.1) is 5.10 Å². The molecule has 0 unspecified atom stereocenters. The predicted molar refractivity (Wildman–Crippen MR) is 73.2 cm³/mol. The normalized spacial score (nSPS) is 10.5. The molecule has 0 fully saturated rings. The van der Waals surface area contributed by atoms with E-state index in [9.17, 15) is 0 Å². The molecular weight excluding hydrogens is 252 g/mol. The Balaban J connectivity index is 1.88. The van der Waals surface area contributed by atoms with E-state index in [1.807, 2.05) is 17.8 Å². The van der Waals surface area contributed by atoms with E-state index in [0.29, 0.717) is 5.15 Å². The van der Waals surface area contributed by atoms with Gasteiger partial charge in [-0.05, 0) is 30.2 Å². The fourth-order valence-corrected chi connectivity index (χ4v) is 2.57. The second kappa shape index (κ2) is 6.03. The van der Waals surface area contributed by atoms with E-state index in [4.69, 9.17) is 11.6 Å². The minimum absolute atomic E-state index is 0.442. The summed E-state index contributed by atoms with van der Waals surface area (Å²) in [5, 5.41) is 8.30. The van der Waals surface area contributed by atoms with Crippen LogP contribution in [0.3, 0.4) is 0 Å². The molecule has 0 saturated heterocycles. The number of hydrogen-bond donors (Lipinski definition) is 0. The van der Waals surface area contributed by atoms with Crippen LogP contribution in [0.4, 0.5) is 0 Å². The van der Waals surface area contributed by atoms with Crippen LogP contribution in [0.2, 0.25) is 5.15 Å². The van der Waals surface area contributed by atoms with Gasteiger partial charge in [0.1, 0.15) is 0 Å². The van der Waals surface area contributed by atoms with Crippen LogP contribution >= 0.6 is 23.4 Å². The van der Waals surface area contributed by atoms with E-state index in [0.717, 1.165) is 17.2 Å². The van der Waals surface area contributed by atoms with Gasteiger partial charge >= 0.3 is 0 Å². The van der Waals surface area contributed by atoms with Crippen molar-refractivity contribution in [1.82, 2.24) is 10.2 Å². The van der Waals surface area contributed by atoms with E-state index in [-0.39, 0.29) is 0 Å². The summed E-state index contributed by atoms with van der Waals surface area (Å²) in [4.78, 5) is 0. The molecule has 0 N–H and O–H groups in total. The maximum Gasteiger partial charge on any atom is 0.151 e. The molecule has 1 heterocycles. The zero-order valence-electron chi connectivity index (χ0n) is 9.56. The van der Waals surface area contributed by atoms with Crippen molar-refractivity contribution in [2.24, 2.45) is 0 Å². The molecule has 17 heavy (non-hydrogen) atoms. The van der Waals surface area contributed by atoms with Gasteiger partial charge in [-0.3, -0.25) is 0 Å². The number of rotatable bonds is 4.